The first kappa shape index (κ1) is 14.4. The van der Waals surface area contributed by atoms with Crippen LogP contribution in [0.3, 0.4) is 0 Å². The van der Waals surface area contributed by atoms with Crippen LogP contribution in [0.1, 0.15) is 31.5 Å². The van der Waals surface area contributed by atoms with E-state index in [0.717, 1.165) is 31.0 Å². The Kier molecular flexibility index (Phi) is 4.17. The molecular weight excluding hydrogens is 309 g/mol. The van der Waals surface area contributed by atoms with Crippen molar-refractivity contribution in [3.8, 4) is 11.6 Å². The van der Waals surface area contributed by atoms with Crippen LogP contribution >= 0.6 is 23.2 Å². The minimum atomic E-state index is 0.445. The molecule has 1 aliphatic carbocycles. The first-order valence-corrected chi connectivity index (χ1v) is 7.67. The van der Waals surface area contributed by atoms with Gasteiger partial charge in [0.15, 0.2) is 0 Å². The summed E-state index contributed by atoms with van der Waals surface area (Å²) in [4.78, 5) is 8.97. The smallest absolute Gasteiger partial charge is 0.224 e. The molecule has 110 valence electrons. The van der Waals surface area contributed by atoms with E-state index in [0.29, 0.717) is 27.6 Å². The number of hydrogen-bond donors (Lipinski definition) is 1. The fourth-order valence-electron chi connectivity index (χ4n) is 1.96. The van der Waals surface area contributed by atoms with E-state index in [2.05, 4.69) is 15.3 Å². The Labute approximate surface area is 133 Å². The molecular formula is C15H15Cl2N3O. The van der Waals surface area contributed by atoms with Gasteiger partial charge >= 0.3 is 0 Å². The molecule has 1 aliphatic rings. The van der Waals surface area contributed by atoms with Crippen LogP contribution in [0.5, 0.6) is 11.6 Å². The highest BCUT2D eigenvalue weighted by Crippen LogP contribution is 2.40. The number of ether oxygens (including phenoxy) is 1. The van der Waals surface area contributed by atoms with E-state index < -0.39 is 0 Å². The van der Waals surface area contributed by atoms with Crippen LogP contribution in [0, 0.1) is 0 Å². The van der Waals surface area contributed by atoms with Crippen molar-refractivity contribution in [1.29, 1.82) is 0 Å². The van der Waals surface area contributed by atoms with Crippen molar-refractivity contribution in [2.45, 2.75) is 25.7 Å². The van der Waals surface area contributed by atoms with Gasteiger partial charge in [0.1, 0.15) is 17.4 Å². The van der Waals surface area contributed by atoms with Crippen LogP contribution in [0.2, 0.25) is 10.0 Å². The average molecular weight is 324 g/mol. The SMILES string of the molecule is CCNc1cc(Oc2cc(Cl)ccc2Cl)nc(C2CC2)n1. The molecule has 4 nitrogen and oxygen atoms in total. The second kappa shape index (κ2) is 6.08. The van der Waals surface area contributed by atoms with Gasteiger partial charge in [0.25, 0.3) is 0 Å². The molecule has 3 rings (SSSR count). The van der Waals surface area contributed by atoms with Crippen LogP contribution in [0.4, 0.5) is 5.82 Å². The normalized spacial score (nSPS) is 14.0. The Morgan fingerprint density at radius 3 is 2.76 bits per heavy atom. The van der Waals surface area contributed by atoms with Gasteiger partial charge in [-0.15, -0.1) is 0 Å². The van der Waals surface area contributed by atoms with Gasteiger partial charge in [0.05, 0.1) is 5.02 Å². The van der Waals surface area contributed by atoms with Gasteiger partial charge in [-0.3, -0.25) is 0 Å². The maximum atomic E-state index is 6.12. The van der Waals surface area contributed by atoms with Gasteiger partial charge in [0.2, 0.25) is 5.88 Å². The summed E-state index contributed by atoms with van der Waals surface area (Å²) in [5, 5.41) is 4.26. The van der Waals surface area contributed by atoms with Crippen molar-refractivity contribution >= 4 is 29.0 Å². The van der Waals surface area contributed by atoms with Crippen LogP contribution in [-0.2, 0) is 0 Å². The van der Waals surface area contributed by atoms with E-state index in [4.69, 9.17) is 27.9 Å². The minimum absolute atomic E-state index is 0.445. The molecule has 0 unspecified atom stereocenters. The Balaban J connectivity index is 1.91. The predicted octanol–water partition coefficient (Wildman–Crippen LogP) is 4.88. The molecule has 1 fully saturated rings. The molecule has 0 radical (unpaired) electrons. The summed E-state index contributed by atoms with van der Waals surface area (Å²) in [5.41, 5.74) is 0. The van der Waals surface area contributed by atoms with Crippen LogP contribution in [0.15, 0.2) is 24.3 Å². The Hall–Kier alpha value is -1.52. The van der Waals surface area contributed by atoms with Gasteiger partial charge in [-0.2, -0.15) is 4.98 Å². The molecule has 0 bridgehead atoms. The number of aromatic nitrogens is 2. The van der Waals surface area contributed by atoms with E-state index in [9.17, 15) is 0 Å². The zero-order valence-corrected chi connectivity index (χ0v) is 13.1. The fourth-order valence-corrected chi connectivity index (χ4v) is 2.28. The maximum absolute atomic E-state index is 6.12. The van der Waals surface area contributed by atoms with Crippen LogP contribution < -0.4 is 10.1 Å². The average Bonchev–Trinajstić information content (AvgIpc) is 3.28. The molecule has 1 aromatic heterocycles. The molecule has 2 aromatic rings. The molecule has 0 aliphatic heterocycles. The Bertz CT molecular complexity index is 659. The van der Waals surface area contributed by atoms with Crippen molar-refractivity contribution in [2.24, 2.45) is 0 Å². The predicted molar refractivity (Wildman–Crippen MR) is 84.7 cm³/mol. The zero-order valence-electron chi connectivity index (χ0n) is 11.6. The number of benzene rings is 1. The third-order valence-electron chi connectivity index (χ3n) is 3.13. The molecule has 1 aromatic carbocycles. The van der Waals surface area contributed by atoms with E-state index in [-0.39, 0.29) is 0 Å². The summed E-state index contributed by atoms with van der Waals surface area (Å²) < 4.78 is 5.79. The molecule has 0 atom stereocenters. The largest absolute Gasteiger partial charge is 0.437 e. The summed E-state index contributed by atoms with van der Waals surface area (Å²) in [6.07, 6.45) is 2.26. The van der Waals surface area contributed by atoms with E-state index in [1.807, 2.05) is 6.92 Å². The first-order valence-electron chi connectivity index (χ1n) is 6.91. The molecule has 6 heteroatoms. The molecule has 1 N–H and O–H groups in total. The quantitative estimate of drug-likeness (QED) is 0.851. The van der Waals surface area contributed by atoms with Crippen molar-refractivity contribution in [1.82, 2.24) is 9.97 Å². The third-order valence-corrected chi connectivity index (χ3v) is 3.68. The number of anilines is 1. The number of hydrogen-bond acceptors (Lipinski definition) is 4. The molecule has 0 saturated heterocycles. The lowest BCUT2D eigenvalue weighted by atomic mass is 10.3. The summed E-state index contributed by atoms with van der Waals surface area (Å²) in [7, 11) is 0. The summed E-state index contributed by atoms with van der Waals surface area (Å²) >= 11 is 12.1. The molecule has 1 heterocycles. The Morgan fingerprint density at radius 2 is 2.05 bits per heavy atom. The third kappa shape index (κ3) is 3.57. The second-order valence-electron chi connectivity index (χ2n) is 4.93. The first-order chi connectivity index (χ1) is 10.2. The van der Waals surface area contributed by atoms with Crippen molar-refractivity contribution in [2.75, 3.05) is 11.9 Å². The minimum Gasteiger partial charge on any atom is -0.437 e. The molecule has 1 saturated carbocycles. The standard InChI is InChI=1S/C15H15Cl2N3O/c1-2-18-13-8-14(20-15(19-13)9-3-4-9)21-12-7-10(16)5-6-11(12)17/h5-9H,2-4H2,1H3,(H,18,19,20). The van der Waals surface area contributed by atoms with E-state index >= 15 is 0 Å². The summed E-state index contributed by atoms with van der Waals surface area (Å²) in [5.74, 6) is 3.00. The monoisotopic (exact) mass is 323 g/mol. The van der Waals surface area contributed by atoms with Gasteiger partial charge < -0.3 is 10.1 Å². The van der Waals surface area contributed by atoms with Crippen molar-refractivity contribution in [3.63, 3.8) is 0 Å². The van der Waals surface area contributed by atoms with Crippen molar-refractivity contribution in [3.05, 3.63) is 40.1 Å². The number of nitrogens with one attached hydrogen (secondary N) is 1. The maximum Gasteiger partial charge on any atom is 0.224 e. The van der Waals surface area contributed by atoms with Crippen LogP contribution in [-0.4, -0.2) is 16.5 Å². The summed E-state index contributed by atoms with van der Waals surface area (Å²) in [6, 6.07) is 6.87. The van der Waals surface area contributed by atoms with Gasteiger partial charge in [-0.1, -0.05) is 23.2 Å². The van der Waals surface area contributed by atoms with Crippen LogP contribution in [0.25, 0.3) is 0 Å². The topological polar surface area (TPSA) is 47.0 Å². The highest BCUT2D eigenvalue weighted by molar-refractivity contribution is 6.34. The number of rotatable bonds is 5. The number of halogens is 2. The molecule has 0 amide bonds. The molecule has 0 spiro atoms. The fraction of sp³-hybridized carbons (Fsp3) is 0.333. The van der Waals surface area contributed by atoms with Crippen molar-refractivity contribution < 1.29 is 4.74 Å². The lowest BCUT2D eigenvalue weighted by molar-refractivity contribution is 0.459. The number of nitrogens with zero attached hydrogens (tertiary/aromatic N) is 2. The highest BCUT2D eigenvalue weighted by Gasteiger charge is 2.27. The Morgan fingerprint density at radius 1 is 1.24 bits per heavy atom. The summed E-state index contributed by atoms with van der Waals surface area (Å²) in [6.45, 7) is 2.81. The second-order valence-corrected chi connectivity index (χ2v) is 5.77. The lowest BCUT2D eigenvalue weighted by Crippen LogP contribution is -2.04. The van der Waals surface area contributed by atoms with Gasteiger partial charge in [-0.25, -0.2) is 4.98 Å². The van der Waals surface area contributed by atoms with E-state index in [1.165, 1.54) is 0 Å². The lowest BCUT2D eigenvalue weighted by Gasteiger charge is -2.10. The highest BCUT2D eigenvalue weighted by atomic mass is 35.5. The van der Waals surface area contributed by atoms with E-state index in [1.54, 1.807) is 24.3 Å². The van der Waals surface area contributed by atoms with Gasteiger partial charge in [0, 0.05) is 29.6 Å². The zero-order chi connectivity index (χ0) is 14.8. The molecule has 21 heavy (non-hydrogen) atoms. The van der Waals surface area contributed by atoms with Gasteiger partial charge in [-0.05, 0) is 31.9 Å².